The summed E-state index contributed by atoms with van der Waals surface area (Å²) in [6, 6.07) is 9.75. The highest BCUT2D eigenvalue weighted by Gasteiger charge is 2.23. The Morgan fingerprint density at radius 1 is 0.900 bits per heavy atom. The van der Waals surface area contributed by atoms with Crippen LogP contribution in [-0.2, 0) is 0 Å². The Hall–Kier alpha value is -1.88. The van der Waals surface area contributed by atoms with E-state index in [1.807, 2.05) is 24.3 Å². The van der Waals surface area contributed by atoms with Crippen molar-refractivity contribution in [3.63, 3.8) is 0 Å². The lowest BCUT2D eigenvalue weighted by Crippen LogP contribution is -2.07. The highest BCUT2D eigenvalue weighted by atomic mass is 79.9. The Labute approximate surface area is 123 Å². The topological polar surface area (TPSA) is 31.6 Å². The van der Waals surface area contributed by atoms with Gasteiger partial charge in [0.05, 0.1) is 10.4 Å². The molecule has 0 unspecified atom stereocenters. The van der Waals surface area contributed by atoms with E-state index in [-0.39, 0.29) is 10.0 Å². The fraction of sp³-hybridized carbons (Fsp3) is 0.0667. The summed E-state index contributed by atoms with van der Waals surface area (Å²) in [5.41, 5.74) is 1.89. The van der Waals surface area contributed by atoms with Gasteiger partial charge in [0.15, 0.2) is 0 Å². The highest BCUT2D eigenvalue weighted by Crippen LogP contribution is 2.33. The van der Waals surface area contributed by atoms with Crippen LogP contribution in [0.3, 0.4) is 0 Å². The summed E-state index contributed by atoms with van der Waals surface area (Å²) in [6.45, 7) is 0. The van der Waals surface area contributed by atoms with Crippen LogP contribution in [0.15, 0.2) is 53.3 Å². The van der Waals surface area contributed by atoms with Crippen LogP contribution >= 0.6 is 15.9 Å². The Bertz CT molecular complexity index is 672. The molecule has 0 amide bonds. The minimum Gasteiger partial charge on any atom is -0.364 e. The summed E-state index contributed by atoms with van der Waals surface area (Å²) in [7, 11) is 0. The SMILES string of the molecule is Fc1cc(C(c2ccc[nH]2)c2ccc[nH]2)c(F)cc1Br. The molecule has 2 N–H and O–H groups in total. The predicted octanol–water partition coefficient (Wildman–Crippen LogP) is 4.56. The average Bonchev–Trinajstić information content (AvgIpc) is 3.09. The van der Waals surface area contributed by atoms with E-state index in [9.17, 15) is 8.78 Å². The number of halogens is 3. The molecule has 0 aliphatic rings. The zero-order valence-electron chi connectivity index (χ0n) is 10.3. The second-order valence-electron chi connectivity index (χ2n) is 4.47. The molecular formula is C15H11BrF2N2. The van der Waals surface area contributed by atoms with Crippen molar-refractivity contribution in [1.82, 2.24) is 9.97 Å². The Morgan fingerprint density at radius 3 is 2.00 bits per heavy atom. The number of aromatic nitrogens is 2. The van der Waals surface area contributed by atoms with Gasteiger partial charge in [-0.2, -0.15) is 0 Å². The van der Waals surface area contributed by atoms with Gasteiger partial charge >= 0.3 is 0 Å². The standard InChI is InChI=1S/C15H11BrF2N2/c16-10-8-11(17)9(7-12(10)18)15(13-3-1-5-19-13)14-4-2-6-20-14/h1-8,15,19-20H. The van der Waals surface area contributed by atoms with Gasteiger partial charge in [-0.1, -0.05) is 0 Å². The summed E-state index contributed by atoms with van der Waals surface area (Å²) >= 11 is 3.00. The smallest absolute Gasteiger partial charge is 0.137 e. The van der Waals surface area contributed by atoms with Crippen molar-refractivity contribution in [1.29, 1.82) is 0 Å². The fourth-order valence-corrected chi connectivity index (χ4v) is 2.62. The first-order valence-electron chi connectivity index (χ1n) is 6.08. The van der Waals surface area contributed by atoms with Gasteiger partial charge < -0.3 is 9.97 Å². The minimum atomic E-state index is -0.482. The van der Waals surface area contributed by atoms with Crippen LogP contribution in [0.5, 0.6) is 0 Å². The molecular weight excluding hydrogens is 326 g/mol. The number of hydrogen-bond acceptors (Lipinski definition) is 0. The average molecular weight is 337 g/mol. The molecule has 0 aliphatic carbocycles. The van der Waals surface area contributed by atoms with E-state index in [1.54, 1.807) is 12.4 Å². The lowest BCUT2D eigenvalue weighted by Gasteiger charge is -2.16. The highest BCUT2D eigenvalue weighted by molar-refractivity contribution is 9.10. The molecule has 3 rings (SSSR count). The molecule has 0 fully saturated rings. The van der Waals surface area contributed by atoms with Crippen molar-refractivity contribution in [2.45, 2.75) is 5.92 Å². The summed E-state index contributed by atoms with van der Waals surface area (Å²) < 4.78 is 28.1. The molecule has 0 saturated heterocycles. The number of benzene rings is 1. The second-order valence-corrected chi connectivity index (χ2v) is 5.33. The number of aromatic amines is 2. The van der Waals surface area contributed by atoms with Crippen LogP contribution in [0.25, 0.3) is 0 Å². The first kappa shape index (κ1) is 13.1. The van der Waals surface area contributed by atoms with Gasteiger partial charge in [-0.15, -0.1) is 0 Å². The summed E-state index contributed by atoms with van der Waals surface area (Å²) in [4.78, 5) is 6.13. The molecule has 0 spiro atoms. The molecule has 0 radical (unpaired) electrons. The fourth-order valence-electron chi connectivity index (χ4n) is 2.31. The van der Waals surface area contributed by atoms with Gasteiger partial charge in [0.25, 0.3) is 0 Å². The van der Waals surface area contributed by atoms with Crippen molar-refractivity contribution >= 4 is 15.9 Å². The summed E-state index contributed by atoms with van der Waals surface area (Å²) in [6.07, 6.45) is 3.52. The normalized spacial score (nSPS) is 11.2. The quantitative estimate of drug-likeness (QED) is 0.657. The lowest BCUT2D eigenvalue weighted by molar-refractivity contribution is 0.576. The van der Waals surface area contributed by atoms with E-state index in [4.69, 9.17) is 0 Å². The van der Waals surface area contributed by atoms with E-state index in [2.05, 4.69) is 25.9 Å². The van der Waals surface area contributed by atoms with Gasteiger partial charge in [0, 0.05) is 29.3 Å². The Morgan fingerprint density at radius 2 is 1.50 bits per heavy atom. The van der Waals surface area contributed by atoms with Crippen molar-refractivity contribution in [3.8, 4) is 0 Å². The number of H-pyrrole nitrogens is 2. The molecule has 0 bridgehead atoms. The van der Waals surface area contributed by atoms with Gasteiger partial charge in [0.1, 0.15) is 11.6 Å². The largest absolute Gasteiger partial charge is 0.364 e. The molecule has 3 aromatic rings. The van der Waals surface area contributed by atoms with Gasteiger partial charge in [-0.25, -0.2) is 8.78 Å². The Balaban J connectivity index is 2.18. The number of rotatable bonds is 3. The van der Waals surface area contributed by atoms with Crippen LogP contribution in [0.1, 0.15) is 22.9 Å². The molecule has 5 heteroatoms. The lowest BCUT2D eigenvalue weighted by atomic mass is 9.92. The van der Waals surface area contributed by atoms with Gasteiger partial charge in [-0.3, -0.25) is 0 Å². The Kier molecular flexibility index (Phi) is 3.44. The van der Waals surface area contributed by atoms with Crippen molar-refractivity contribution < 1.29 is 8.78 Å². The summed E-state index contributed by atoms with van der Waals surface area (Å²) in [5.74, 6) is -1.33. The van der Waals surface area contributed by atoms with E-state index in [1.165, 1.54) is 6.07 Å². The van der Waals surface area contributed by atoms with Crippen LogP contribution in [-0.4, -0.2) is 9.97 Å². The zero-order chi connectivity index (χ0) is 14.1. The molecule has 2 nitrogen and oxygen atoms in total. The molecule has 102 valence electrons. The third kappa shape index (κ3) is 2.29. The maximum absolute atomic E-state index is 14.2. The van der Waals surface area contributed by atoms with Crippen molar-refractivity contribution in [2.75, 3.05) is 0 Å². The molecule has 0 aliphatic heterocycles. The van der Waals surface area contributed by atoms with Gasteiger partial charge in [-0.05, 0) is 52.3 Å². The van der Waals surface area contributed by atoms with Crippen molar-refractivity contribution in [2.24, 2.45) is 0 Å². The number of nitrogens with one attached hydrogen (secondary N) is 2. The predicted molar refractivity (Wildman–Crippen MR) is 76.6 cm³/mol. The van der Waals surface area contributed by atoms with Crippen LogP contribution in [0, 0.1) is 11.6 Å². The molecule has 1 aromatic carbocycles. The van der Waals surface area contributed by atoms with E-state index in [0.717, 1.165) is 17.5 Å². The monoisotopic (exact) mass is 336 g/mol. The third-order valence-electron chi connectivity index (χ3n) is 3.22. The molecule has 0 atom stereocenters. The molecule has 20 heavy (non-hydrogen) atoms. The maximum Gasteiger partial charge on any atom is 0.137 e. The maximum atomic E-state index is 14.2. The summed E-state index contributed by atoms with van der Waals surface area (Å²) in [5, 5.41) is 0. The van der Waals surface area contributed by atoms with Crippen molar-refractivity contribution in [3.05, 3.63) is 81.9 Å². The van der Waals surface area contributed by atoms with Crippen LogP contribution in [0.4, 0.5) is 8.78 Å². The molecule has 2 aromatic heterocycles. The molecule has 0 saturated carbocycles. The van der Waals surface area contributed by atoms with Crippen LogP contribution < -0.4 is 0 Å². The zero-order valence-corrected chi connectivity index (χ0v) is 11.9. The minimum absolute atomic E-state index is 0.121. The third-order valence-corrected chi connectivity index (χ3v) is 3.82. The first-order valence-corrected chi connectivity index (χ1v) is 6.87. The van der Waals surface area contributed by atoms with E-state index < -0.39 is 17.6 Å². The van der Waals surface area contributed by atoms with Crippen LogP contribution in [0.2, 0.25) is 0 Å². The first-order chi connectivity index (χ1) is 9.66. The van der Waals surface area contributed by atoms with Gasteiger partial charge in [0.2, 0.25) is 0 Å². The van der Waals surface area contributed by atoms with E-state index in [0.29, 0.717) is 0 Å². The second kappa shape index (κ2) is 5.25. The van der Waals surface area contributed by atoms with E-state index >= 15 is 0 Å². The number of hydrogen-bond donors (Lipinski definition) is 2. The molecule has 2 heterocycles.